The van der Waals surface area contributed by atoms with Gasteiger partial charge >= 0.3 is 0 Å². The standard InChI is InChI=1S/C22H21N3O/c1-16-21(18-8-3-2-4-9-18)20-10-6-5-7-17(20)12-14-25(16)22(26)19-11-13-23-24-15-19/h2-11,13,15-16,21H,12,14H2,1H3/t16-,21+/m0/s1. The second kappa shape index (κ2) is 7.08. The average molecular weight is 343 g/mol. The van der Waals surface area contributed by atoms with E-state index in [4.69, 9.17) is 0 Å². The number of carbonyl (C=O) groups is 1. The number of benzene rings is 2. The number of nitrogens with zero attached hydrogens (tertiary/aromatic N) is 3. The van der Waals surface area contributed by atoms with Crippen molar-refractivity contribution >= 4 is 5.91 Å². The third-order valence-electron chi connectivity index (χ3n) is 5.24. The van der Waals surface area contributed by atoms with E-state index in [2.05, 4.69) is 65.7 Å². The minimum Gasteiger partial charge on any atom is -0.335 e. The monoisotopic (exact) mass is 343 g/mol. The number of rotatable bonds is 2. The average Bonchev–Trinajstić information content (AvgIpc) is 2.85. The molecule has 26 heavy (non-hydrogen) atoms. The summed E-state index contributed by atoms with van der Waals surface area (Å²) >= 11 is 0. The van der Waals surface area contributed by atoms with E-state index >= 15 is 0 Å². The van der Waals surface area contributed by atoms with E-state index in [1.807, 2.05) is 11.0 Å². The Bertz CT molecular complexity index is 896. The highest BCUT2D eigenvalue weighted by atomic mass is 16.2. The van der Waals surface area contributed by atoms with Gasteiger partial charge in [-0.15, -0.1) is 0 Å². The molecule has 2 heterocycles. The lowest BCUT2D eigenvalue weighted by molar-refractivity contribution is 0.0687. The molecule has 1 aliphatic rings. The van der Waals surface area contributed by atoms with Crippen molar-refractivity contribution in [1.82, 2.24) is 15.1 Å². The van der Waals surface area contributed by atoms with Gasteiger partial charge in [0.05, 0.1) is 18.0 Å². The minimum absolute atomic E-state index is 0.0149. The first-order valence-corrected chi connectivity index (χ1v) is 8.96. The highest BCUT2D eigenvalue weighted by molar-refractivity contribution is 5.94. The Kier molecular flexibility index (Phi) is 4.48. The van der Waals surface area contributed by atoms with Crippen LogP contribution in [0.1, 0.15) is 39.9 Å². The molecule has 130 valence electrons. The largest absolute Gasteiger partial charge is 0.335 e. The second-order valence-electron chi connectivity index (χ2n) is 6.71. The first-order chi connectivity index (χ1) is 12.8. The predicted octanol–water partition coefficient (Wildman–Crippen LogP) is 3.70. The van der Waals surface area contributed by atoms with Crippen molar-refractivity contribution in [1.29, 1.82) is 0 Å². The summed E-state index contributed by atoms with van der Waals surface area (Å²) in [6, 6.07) is 20.8. The summed E-state index contributed by atoms with van der Waals surface area (Å²) in [5, 5.41) is 7.65. The Morgan fingerprint density at radius 2 is 1.77 bits per heavy atom. The van der Waals surface area contributed by atoms with Crippen molar-refractivity contribution in [2.75, 3.05) is 6.54 Å². The fraction of sp³-hybridized carbons (Fsp3) is 0.227. The maximum absolute atomic E-state index is 13.1. The molecule has 2 atom stereocenters. The van der Waals surface area contributed by atoms with Crippen LogP contribution in [0.3, 0.4) is 0 Å². The van der Waals surface area contributed by atoms with E-state index in [9.17, 15) is 4.79 Å². The number of hydrogen-bond donors (Lipinski definition) is 0. The highest BCUT2D eigenvalue weighted by Crippen LogP contribution is 2.36. The Labute approximate surface area is 153 Å². The van der Waals surface area contributed by atoms with Crippen molar-refractivity contribution in [3.63, 3.8) is 0 Å². The predicted molar refractivity (Wildman–Crippen MR) is 101 cm³/mol. The number of carbonyl (C=O) groups excluding carboxylic acids is 1. The molecule has 0 radical (unpaired) electrons. The van der Waals surface area contributed by atoms with Gasteiger partial charge < -0.3 is 4.90 Å². The van der Waals surface area contributed by atoms with Crippen LogP contribution in [0.5, 0.6) is 0 Å². The first-order valence-electron chi connectivity index (χ1n) is 8.96. The Morgan fingerprint density at radius 3 is 2.54 bits per heavy atom. The Balaban J connectivity index is 1.78. The van der Waals surface area contributed by atoms with Crippen molar-refractivity contribution < 1.29 is 4.79 Å². The molecule has 2 aromatic carbocycles. The maximum Gasteiger partial charge on any atom is 0.255 e. The van der Waals surface area contributed by atoms with E-state index in [0.717, 1.165) is 6.42 Å². The van der Waals surface area contributed by atoms with Crippen LogP contribution in [0.4, 0.5) is 0 Å². The number of aromatic nitrogens is 2. The summed E-state index contributed by atoms with van der Waals surface area (Å²) in [4.78, 5) is 15.1. The van der Waals surface area contributed by atoms with Crippen LogP contribution in [0, 0.1) is 0 Å². The van der Waals surface area contributed by atoms with E-state index < -0.39 is 0 Å². The van der Waals surface area contributed by atoms with Gasteiger partial charge in [-0.05, 0) is 36.1 Å². The summed E-state index contributed by atoms with van der Waals surface area (Å²) in [7, 11) is 0. The quantitative estimate of drug-likeness (QED) is 0.713. The molecule has 0 N–H and O–H groups in total. The topological polar surface area (TPSA) is 46.1 Å². The van der Waals surface area contributed by atoms with Crippen LogP contribution in [0.25, 0.3) is 0 Å². The van der Waals surface area contributed by atoms with Crippen LogP contribution >= 0.6 is 0 Å². The molecule has 0 fully saturated rings. The van der Waals surface area contributed by atoms with Gasteiger partial charge in [-0.2, -0.15) is 10.2 Å². The third-order valence-corrected chi connectivity index (χ3v) is 5.24. The number of hydrogen-bond acceptors (Lipinski definition) is 3. The molecule has 0 aliphatic carbocycles. The second-order valence-corrected chi connectivity index (χ2v) is 6.71. The zero-order valence-corrected chi connectivity index (χ0v) is 14.7. The van der Waals surface area contributed by atoms with Crippen LogP contribution in [-0.2, 0) is 6.42 Å². The molecule has 3 aromatic rings. The van der Waals surface area contributed by atoms with Crippen molar-refractivity contribution in [3.05, 3.63) is 95.3 Å². The molecule has 4 heteroatoms. The SMILES string of the molecule is C[C@H]1[C@H](c2ccccc2)c2ccccc2CCN1C(=O)c1ccnnc1. The highest BCUT2D eigenvalue weighted by Gasteiger charge is 2.33. The van der Waals surface area contributed by atoms with E-state index in [1.54, 1.807) is 18.5 Å². The minimum atomic E-state index is 0.0149. The van der Waals surface area contributed by atoms with Gasteiger partial charge in [-0.1, -0.05) is 54.6 Å². The van der Waals surface area contributed by atoms with Gasteiger partial charge in [0.2, 0.25) is 0 Å². The smallest absolute Gasteiger partial charge is 0.255 e. The summed E-state index contributed by atoms with van der Waals surface area (Å²) in [5.74, 6) is 0.162. The maximum atomic E-state index is 13.1. The van der Waals surface area contributed by atoms with Gasteiger partial charge in [0.1, 0.15) is 0 Å². The van der Waals surface area contributed by atoms with Crippen LogP contribution in [0.2, 0.25) is 0 Å². The summed E-state index contributed by atoms with van der Waals surface area (Å²) in [5.41, 5.74) is 4.45. The zero-order valence-electron chi connectivity index (χ0n) is 14.7. The fourth-order valence-corrected chi connectivity index (χ4v) is 3.94. The van der Waals surface area contributed by atoms with Gasteiger partial charge in [0.15, 0.2) is 0 Å². The molecule has 4 rings (SSSR count). The summed E-state index contributed by atoms with van der Waals surface area (Å²) in [6.45, 7) is 2.84. The normalized spacial score (nSPS) is 19.5. The van der Waals surface area contributed by atoms with E-state index in [0.29, 0.717) is 12.1 Å². The molecule has 1 aromatic heterocycles. The molecule has 4 nitrogen and oxygen atoms in total. The molecular weight excluding hydrogens is 322 g/mol. The van der Waals surface area contributed by atoms with Crippen molar-refractivity contribution in [2.24, 2.45) is 0 Å². The van der Waals surface area contributed by atoms with E-state index in [-0.39, 0.29) is 17.9 Å². The molecule has 1 aliphatic heterocycles. The molecule has 0 saturated heterocycles. The van der Waals surface area contributed by atoms with Crippen molar-refractivity contribution in [2.45, 2.75) is 25.3 Å². The number of amides is 1. The molecule has 1 amide bonds. The van der Waals surface area contributed by atoms with Crippen LogP contribution in [0.15, 0.2) is 73.1 Å². The van der Waals surface area contributed by atoms with Crippen LogP contribution < -0.4 is 0 Å². The Morgan fingerprint density at radius 1 is 1.00 bits per heavy atom. The first kappa shape index (κ1) is 16.5. The molecule has 0 unspecified atom stereocenters. The zero-order chi connectivity index (χ0) is 17.9. The van der Waals surface area contributed by atoms with E-state index in [1.165, 1.54) is 16.7 Å². The molecule has 0 spiro atoms. The Hall–Kier alpha value is -3.01. The molecular formula is C22H21N3O. The van der Waals surface area contributed by atoms with Gasteiger partial charge in [0, 0.05) is 18.5 Å². The van der Waals surface area contributed by atoms with Gasteiger partial charge in [-0.3, -0.25) is 4.79 Å². The lowest BCUT2D eigenvalue weighted by atomic mass is 9.83. The van der Waals surface area contributed by atoms with Gasteiger partial charge in [0.25, 0.3) is 5.91 Å². The van der Waals surface area contributed by atoms with Crippen molar-refractivity contribution in [3.8, 4) is 0 Å². The molecule has 0 saturated carbocycles. The van der Waals surface area contributed by atoms with Gasteiger partial charge in [-0.25, -0.2) is 0 Å². The lowest BCUT2D eigenvalue weighted by Gasteiger charge is -2.33. The van der Waals surface area contributed by atoms with Crippen LogP contribution in [-0.4, -0.2) is 33.6 Å². The number of fused-ring (bicyclic) bond motifs is 1. The summed E-state index contributed by atoms with van der Waals surface area (Å²) < 4.78 is 0. The third kappa shape index (κ3) is 2.99. The molecule has 0 bridgehead atoms. The fourth-order valence-electron chi connectivity index (χ4n) is 3.94. The lowest BCUT2D eigenvalue weighted by Crippen LogP contribution is -2.42. The summed E-state index contributed by atoms with van der Waals surface area (Å²) in [6.07, 6.45) is 3.97.